The number of likely N-dealkylation sites (tertiary alicyclic amines) is 1. The second kappa shape index (κ2) is 7.88. The molecule has 1 amide bonds. The first-order valence-corrected chi connectivity index (χ1v) is 11.2. The van der Waals surface area contributed by atoms with Gasteiger partial charge in [0, 0.05) is 28.2 Å². The van der Waals surface area contributed by atoms with Crippen LogP contribution in [-0.4, -0.2) is 41.2 Å². The Balaban J connectivity index is 1.42. The Morgan fingerprint density at radius 1 is 1.17 bits per heavy atom. The minimum Gasteiger partial charge on any atom is -0.359 e. The highest BCUT2D eigenvalue weighted by Gasteiger charge is 2.27. The van der Waals surface area contributed by atoms with Crippen LogP contribution in [0.5, 0.6) is 0 Å². The summed E-state index contributed by atoms with van der Waals surface area (Å²) in [6.07, 6.45) is 9.02. The highest BCUT2D eigenvalue weighted by molar-refractivity contribution is 6.35. The zero-order chi connectivity index (χ0) is 20.7. The van der Waals surface area contributed by atoms with Crippen molar-refractivity contribution >= 4 is 29.0 Å². The summed E-state index contributed by atoms with van der Waals surface area (Å²) in [7, 11) is 0. The van der Waals surface area contributed by atoms with Crippen LogP contribution in [0.4, 0.5) is 5.69 Å². The number of hydrogen-bond donors (Lipinski definition) is 2. The van der Waals surface area contributed by atoms with Crippen LogP contribution in [0.2, 0.25) is 0 Å². The molecular formula is C25H29N3O2. The van der Waals surface area contributed by atoms with Crippen LogP contribution in [-0.2, 0) is 11.2 Å². The normalized spacial score (nSPS) is 22.6. The second-order valence-corrected chi connectivity index (χ2v) is 8.98. The summed E-state index contributed by atoms with van der Waals surface area (Å²) < 4.78 is 0. The first-order valence-electron chi connectivity index (χ1n) is 11.2. The molecule has 2 N–H and O–H groups in total. The number of anilines is 1. The predicted molar refractivity (Wildman–Crippen MR) is 120 cm³/mol. The fourth-order valence-corrected chi connectivity index (χ4v) is 5.07. The maximum atomic E-state index is 12.9. The van der Waals surface area contributed by atoms with Gasteiger partial charge < -0.3 is 10.3 Å². The molecule has 0 bridgehead atoms. The van der Waals surface area contributed by atoms with Gasteiger partial charge in [-0.25, -0.2) is 0 Å². The maximum absolute atomic E-state index is 12.9. The summed E-state index contributed by atoms with van der Waals surface area (Å²) in [5.41, 5.74) is 6.55. The lowest BCUT2D eigenvalue weighted by Gasteiger charge is -2.25. The van der Waals surface area contributed by atoms with Gasteiger partial charge in [0.05, 0.1) is 12.1 Å². The number of benzene rings is 1. The van der Waals surface area contributed by atoms with Crippen LogP contribution < -0.4 is 5.32 Å². The summed E-state index contributed by atoms with van der Waals surface area (Å²) in [4.78, 5) is 31.3. The Morgan fingerprint density at radius 2 is 2.00 bits per heavy atom. The Hall–Kier alpha value is -2.66. The number of piperidine rings is 1. The van der Waals surface area contributed by atoms with E-state index in [4.69, 9.17) is 0 Å². The lowest BCUT2D eigenvalue weighted by molar-refractivity contribution is -0.110. The van der Waals surface area contributed by atoms with Gasteiger partial charge in [-0.05, 0) is 87.0 Å². The minimum atomic E-state index is -0.105. The third kappa shape index (κ3) is 3.63. The highest BCUT2D eigenvalue weighted by atomic mass is 16.2. The second-order valence-electron chi connectivity index (χ2n) is 8.98. The average Bonchev–Trinajstić information content (AvgIpc) is 3.30. The number of fused-ring (bicyclic) bond motifs is 2. The molecule has 1 aliphatic carbocycles. The van der Waals surface area contributed by atoms with Crippen LogP contribution in [0, 0.1) is 0 Å². The van der Waals surface area contributed by atoms with E-state index in [2.05, 4.69) is 28.2 Å². The summed E-state index contributed by atoms with van der Waals surface area (Å²) in [5.74, 6) is 0.578. The van der Waals surface area contributed by atoms with Crippen LogP contribution in [0.25, 0.3) is 11.6 Å². The molecule has 30 heavy (non-hydrogen) atoms. The van der Waals surface area contributed by atoms with Crippen molar-refractivity contribution in [3.8, 4) is 0 Å². The van der Waals surface area contributed by atoms with E-state index < -0.39 is 0 Å². The number of Topliss-reactive ketones (excluding diaryl/α,β-unsaturated/α-hetero) is 1. The third-order valence-corrected chi connectivity index (χ3v) is 6.79. The van der Waals surface area contributed by atoms with Gasteiger partial charge in [0.15, 0.2) is 5.78 Å². The van der Waals surface area contributed by atoms with E-state index in [1.54, 1.807) is 0 Å². The molecule has 1 unspecified atom stereocenters. The quantitative estimate of drug-likeness (QED) is 0.578. The molecule has 5 rings (SSSR count). The van der Waals surface area contributed by atoms with E-state index in [1.165, 1.54) is 43.4 Å². The molecule has 1 aromatic carbocycles. The van der Waals surface area contributed by atoms with Crippen LogP contribution in [0.3, 0.4) is 0 Å². The number of aryl methyl sites for hydroxylation is 1. The zero-order valence-electron chi connectivity index (χ0n) is 17.6. The molecule has 156 valence electrons. The summed E-state index contributed by atoms with van der Waals surface area (Å²) in [5, 5.41) is 2.94. The van der Waals surface area contributed by atoms with Gasteiger partial charge in [-0.1, -0.05) is 13.3 Å². The smallest absolute Gasteiger partial charge is 0.256 e. The molecule has 0 saturated carbocycles. The molecule has 0 radical (unpaired) electrons. The van der Waals surface area contributed by atoms with Crippen molar-refractivity contribution < 1.29 is 9.59 Å². The molecule has 5 heteroatoms. The molecule has 5 nitrogen and oxygen atoms in total. The number of carbonyl (C=O) groups is 2. The molecule has 1 aromatic heterocycles. The molecular weight excluding hydrogens is 374 g/mol. The molecule has 1 saturated heterocycles. The van der Waals surface area contributed by atoms with Crippen molar-refractivity contribution in [1.29, 1.82) is 0 Å². The number of ketones is 1. The fraction of sp³-hybridized carbons (Fsp3) is 0.440. The monoisotopic (exact) mass is 403 g/mol. The highest BCUT2D eigenvalue weighted by Crippen LogP contribution is 2.36. The van der Waals surface area contributed by atoms with E-state index in [9.17, 15) is 9.59 Å². The van der Waals surface area contributed by atoms with Crippen molar-refractivity contribution in [1.82, 2.24) is 9.88 Å². The van der Waals surface area contributed by atoms with Crippen molar-refractivity contribution in [2.45, 2.75) is 51.4 Å². The van der Waals surface area contributed by atoms with E-state index in [0.29, 0.717) is 23.6 Å². The van der Waals surface area contributed by atoms with Crippen molar-refractivity contribution in [3.05, 3.63) is 52.3 Å². The summed E-state index contributed by atoms with van der Waals surface area (Å²) in [6, 6.07) is 7.77. The Labute approximate surface area is 177 Å². The summed E-state index contributed by atoms with van der Waals surface area (Å²) in [6.45, 7) is 4.72. The van der Waals surface area contributed by atoms with Gasteiger partial charge in [0.25, 0.3) is 5.91 Å². The van der Waals surface area contributed by atoms with Crippen molar-refractivity contribution in [3.63, 3.8) is 0 Å². The van der Waals surface area contributed by atoms with Gasteiger partial charge in [-0.2, -0.15) is 0 Å². The summed E-state index contributed by atoms with van der Waals surface area (Å²) >= 11 is 0. The van der Waals surface area contributed by atoms with Gasteiger partial charge in [-0.3, -0.25) is 14.5 Å². The lowest BCUT2D eigenvalue weighted by atomic mass is 9.88. The number of nitrogens with zero attached hydrogens (tertiary/aromatic N) is 1. The standard InChI is InChI=1S/C25H29N3O2/c1-16-6-5-7-22-19(16)13-18(26-22)14-21-20-12-17(8-9-23(20)27-25(21)30)24(29)15-28-10-3-2-4-11-28/h8-9,12-14,16,26H,2-7,10-11,15H2,1H3,(H,27,30). The van der Waals surface area contributed by atoms with Gasteiger partial charge in [0.1, 0.15) is 0 Å². The number of rotatable bonds is 4. The molecule has 3 aliphatic rings. The minimum absolute atomic E-state index is 0.105. The average molecular weight is 404 g/mol. The fourth-order valence-electron chi connectivity index (χ4n) is 5.07. The third-order valence-electron chi connectivity index (χ3n) is 6.79. The van der Waals surface area contributed by atoms with Gasteiger partial charge in [-0.15, -0.1) is 0 Å². The topological polar surface area (TPSA) is 65.2 Å². The van der Waals surface area contributed by atoms with Crippen molar-refractivity contribution in [2.24, 2.45) is 0 Å². The van der Waals surface area contributed by atoms with Crippen LogP contribution in [0.15, 0.2) is 24.3 Å². The number of amides is 1. The van der Waals surface area contributed by atoms with E-state index in [0.717, 1.165) is 36.5 Å². The number of H-pyrrole nitrogens is 1. The van der Waals surface area contributed by atoms with Crippen LogP contribution >= 0.6 is 0 Å². The molecule has 1 atom stereocenters. The van der Waals surface area contributed by atoms with E-state index in [1.807, 2.05) is 24.3 Å². The van der Waals surface area contributed by atoms with E-state index >= 15 is 0 Å². The zero-order valence-corrected chi connectivity index (χ0v) is 17.6. The van der Waals surface area contributed by atoms with Gasteiger partial charge >= 0.3 is 0 Å². The number of hydrogen-bond acceptors (Lipinski definition) is 3. The number of nitrogens with one attached hydrogen (secondary N) is 2. The molecule has 3 heterocycles. The van der Waals surface area contributed by atoms with Crippen LogP contribution in [0.1, 0.15) is 77.8 Å². The molecule has 1 fully saturated rings. The number of aromatic amines is 1. The SMILES string of the molecule is CC1CCCc2[nH]c(C=C3C(=O)Nc4ccc(C(=O)CN5CCCCC5)cc43)cc21. The Morgan fingerprint density at radius 3 is 2.80 bits per heavy atom. The van der Waals surface area contributed by atoms with E-state index in [-0.39, 0.29) is 11.7 Å². The largest absolute Gasteiger partial charge is 0.359 e. The Bertz CT molecular complexity index is 1030. The molecule has 0 spiro atoms. The maximum Gasteiger partial charge on any atom is 0.256 e. The molecule has 2 aliphatic heterocycles. The Kier molecular flexibility index (Phi) is 5.07. The molecule has 2 aromatic rings. The first-order chi connectivity index (χ1) is 14.6. The lowest BCUT2D eigenvalue weighted by Crippen LogP contribution is -2.34. The van der Waals surface area contributed by atoms with Crippen molar-refractivity contribution in [2.75, 3.05) is 25.0 Å². The number of carbonyl (C=O) groups excluding carboxylic acids is 2. The van der Waals surface area contributed by atoms with Gasteiger partial charge in [0.2, 0.25) is 0 Å². The number of aromatic nitrogens is 1. The predicted octanol–water partition coefficient (Wildman–Crippen LogP) is 4.62. The first kappa shape index (κ1) is 19.3.